The standard InChI is InChI=1S/C49H88O6/c1-4-7-10-13-14-15-16-17-18-19-20-21-22-23-24-25-26-27-28-29-30-31-32-33-34-37-39-42-48(51)54-45-46(55-49(52)43-40-36-12-9-6-3)44-53-47(50)41-38-35-11-8-5-2/h16-17,19-20,22-23,46H,4-15,18,21,24-45H2,1-3H3/b17-16-,20-19-,23-22-. The number of hydrogen-bond acceptors (Lipinski definition) is 6. The maximum atomic E-state index is 12.4. The smallest absolute Gasteiger partial charge is 0.306 e. The Morgan fingerprint density at radius 1 is 0.364 bits per heavy atom. The Labute approximate surface area is 340 Å². The van der Waals surface area contributed by atoms with Crippen LogP contribution in [0.4, 0.5) is 0 Å². The molecule has 0 heterocycles. The second-order valence-corrected chi connectivity index (χ2v) is 15.7. The molecule has 0 amide bonds. The number of carbonyl (C=O) groups excluding carboxylic acids is 3. The van der Waals surface area contributed by atoms with Gasteiger partial charge in [-0.25, -0.2) is 0 Å². The van der Waals surface area contributed by atoms with Crippen LogP contribution in [0.2, 0.25) is 0 Å². The maximum absolute atomic E-state index is 12.4. The number of esters is 3. The zero-order chi connectivity index (χ0) is 40.1. The second kappa shape index (κ2) is 44.3. The molecule has 0 aliphatic carbocycles. The van der Waals surface area contributed by atoms with E-state index < -0.39 is 6.10 Å². The molecule has 0 aliphatic heterocycles. The van der Waals surface area contributed by atoms with E-state index in [9.17, 15) is 14.4 Å². The molecular formula is C49H88O6. The summed E-state index contributed by atoms with van der Waals surface area (Å²) < 4.78 is 16.5. The molecule has 0 radical (unpaired) electrons. The number of unbranched alkanes of at least 4 members (excludes halogenated alkanes) is 25. The quantitative estimate of drug-likeness (QED) is 0.0266. The molecular weight excluding hydrogens is 685 g/mol. The van der Waals surface area contributed by atoms with E-state index in [0.29, 0.717) is 19.3 Å². The third-order valence-electron chi connectivity index (χ3n) is 10.1. The van der Waals surface area contributed by atoms with Gasteiger partial charge in [0.1, 0.15) is 13.2 Å². The van der Waals surface area contributed by atoms with E-state index in [4.69, 9.17) is 14.2 Å². The first-order valence-electron chi connectivity index (χ1n) is 23.5. The molecule has 1 atom stereocenters. The van der Waals surface area contributed by atoms with E-state index in [1.807, 2.05) is 0 Å². The van der Waals surface area contributed by atoms with Gasteiger partial charge in [0.15, 0.2) is 6.10 Å². The van der Waals surface area contributed by atoms with Crippen molar-refractivity contribution in [2.45, 2.75) is 245 Å². The molecule has 0 saturated carbocycles. The van der Waals surface area contributed by atoms with Crippen molar-refractivity contribution in [2.24, 2.45) is 0 Å². The summed E-state index contributed by atoms with van der Waals surface area (Å²) in [5.41, 5.74) is 0. The first-order valence-corrected chi connectivity index (χ1v) is 23.5. The lowest BCUT2D eigenvalue weighted by Crippen LogP contribution is -2.30. The lowest BCUT2D eigenvalue weighted by molar-refractivity contribution is -0.167. The summed E-state index contributed by atoms with van der Waals surface area (Å²) in [4.78, 5) is 37.1. The molecule has 0 aromatic carbocycles. The zero-order valence-corrected chi connectivity index (χ0v) is 36.4. The first-order chi connectivity index (χ1) is 27.0. The number of allylic oxidation sites excluding steroid dienone is 6. The minimum atomic E-state index is -0.761. The van der Waals surface area contributed by atoms with Crippen LogP contribution in [0.5, 0.6) is 0 Å². The summed E-state index contributed by atoms with van der Waals surface area (Å²) in [7, 11) is 0. The van der Waals surface area contributed by atoms with Crippen LogP contribution in [-0.4, -0.2) is 37.2 Å². The largest absolute Gasteiger partial charge is 0.462 e. The van der Waals surface area contributed by atoms with Crippen LogP contribution in [0.25, 0.3) is 0 Å². The molecule has 0 aromatic rings. The lowest BCUT2D eigenvalue weighted by atomic mass is 10.0. The van der Waals surface area contributed by atoms with Crippen molar-refractivity contribution in [1.82, 2.24) is 0 Å². The van der Waals surface area contributed by atoms with E-state index >= 15 is 0 Å². The number of hydrogen-bond donors (Lipinski definition) is 0. The molecule has 0 bridgehead atoms. The Kier molecular flexibility index (Phi) is 42.4. The molecule has 6 heteroatoms. The highest BCUT2D eigenvalue weighted by atomic mass is 16.6. The molecule has 0 aliphatic rings. The third-order valence-corrected chi connectivity index (χ3v) is 10.1. The number of rotatable bonds is 42. The molecule has 0 spiro atoms. The van der Waals surface area contributed by atoms with E-state index in [2.05, 4.69) is 57.2 Å². The molecule has 320 valence electrons. The van der Waals surface area contributed by atoms with Crippen LogP contribution in [0.15, 0.2) is 36.5 Å². The molecule has 0 aromatic heterocycles. The van der Waals surface area contributed by atoms with Crippen molar-refractivity contribution in [3.05, 3.63) is 36.5 Å². The summed E-state index contributed by atoms with van der Waals surface area (Å²) >= 11 is 0. The van der Waals surface area contributed by atoms with Gasteiger partial charge in [-0.05, 0) is 57.8 Å². The molecule has 0 fully saturated rings. The summed E-state index contributed by atoms with van der Waals surface area (Å²) in [5.74, 6) is -0.902. The van der Waals surface area contributed by atoms with E-state index in [1.165, 1.54) is 109 Å². The monoisotopic (exact) mass is 773 g/mol. The Morgan fingerprint density at radius 3 is 1.02 bits per heavy atom. The van der Waals surface area contributed by atoms with Gasteiger partial charge in [0.2, 0.25) is 0 Å². The second-order valence-electron chi connectivity index (χ2n) is 15.7. The molecule has 0 saturated heterocycles. The van der Waals surface area contributed by atoms with E-state index in [0.717, 1.165) is 89.9 Å². The highest BCUT2D eigenvalue weighted by Crippen LogP contribution is 2.14. The average molecular weight is 773 g/mol. The Bertz CT molecular complexity index is 938. The fraction of sp³-hybridized carbons (Fsp3) is 0.816. The van der Waals surface area contributed by atoms with Crippen LogP contribution >= 0.6 is 0 Å². The SMILES string of the molecule is CCCCCCC/C=C\C/C=C\C/C=C\CCCCCCCCCCCCCCC(=O)OCC(COC(=O)CCCCCCC)OC(=O)CCCCCCC. The minimum Gasteiger partial charge on any atom is -0.462 e. The highest BCUT2D eigenvalue weighted by Gasteiger charge is 2.19. The first kappa shape index (κ1) is 52.6. The van der Waals surface area contributed by atoms with Crippen LogP contribution in [0.3, 0.4) is 0 Å². The average Bonchev–Trinajstić information content (AvgIpc) is 3.18. The van der Waals surface area contributed by atoms with Crippen molar-refractivity contribution < 1.29 is 28.6 Å². The lowest BCUT2D eigenvalue weighted by Gasteiger charge is -2.18. The van der Waals surface area contributed by atoms with E-state index in [-0.39, 0.29) is 31.1 Å². The summed E-state index contributed by atoms with van der Waals surface area (Å²) in [5, 5.41) is 0. The zero-order valence-electron chi connectivity index (χ0n) is 36.4. The Balaban J connectivity index is 3.87. The predicted octanol–water partition coefficient (Wildman–Crippen LogP) is 15.0. The third kappa shape index (κ3) is 42.6. The number of carbonyl (C=O) groups is 3. The maximum Gasteiger partial charge on any atom is 0.306 e. The van der Waals surface area contributed by atoms with Crippen molar-refractivity contribution in [3.63, 3.8) is 0 Å². The van der Waals surface area contributed by atoms with Gasteiger partial charge in [0.25, 0.3) is 0 Å². The fourth-order valence-corrected chi connectivity index (χ4v) is 6.57. The summed E-state index contributed by atoms with van der Waals surface area (Å²) in [6.07, 6.45) is 50.7. The predicted molar refractivity (Wildman–Crippen MR) is 233 cm³/mol. The molecule has 55 heavy (non-hydrogen) atoms. The van der Waals surface area contributed by atoms with Crippen molar-refractivity contribution in [3.8, 4) is 0 Å². The van der Waals surface area contributed by atoms with Gasteiger partial charge in [-0.2, -0.15) is 0 Å². The minimum absolute atomic E-state index is 0.0725. The van der Waals surface area contributed by atoms with Crippen molar-refractivity contribution >= 4 is 17.9 Å². The van der Waals surface area contributed by atoms with Crippen LogP contribution < -0.4 is 0 Å². The molecule has 6 nitrogen and oxygen atoms in total. The number of ether oxygens (including phenoxy) is 3. The van der Waals surface area contributed by atoms with E-state index in [1.54, 1.807) is 0 Å². The van der Waals surface area contributed by atoms with Gasteiger partial charge in [-0.3, -0.25) is 14.4 Å². The van der Waals surface area contributed by atoms with Gasteiger partial charge < -0.3 is 14.2 Å². The molecule has 0 rings (SSSR count). The molecule has 0 N–H and O–H groups in total. The fourth-order valence-electron chi connectivity index (χ4n) is 6.57. The van der Waals surface area contributed by atoms with Crippen LogP contribution in [0, 0.1) is 0 Å². The normalized spacial score (nSPS) is 12.3. The van der Waals surface area contributed by atoms with Gasteiger partial charge in [0, 0.05) is 19.3 Å². The Hall–Kier alpha value is -2.37. The van der Waals surface area contributed by atoms with Crippen LogP contribution in [-0.2, 0) is 28.6 Å². The van der Waals surface area contributed by atoms with Gasteiger partial charge >= 0.3 is 17.9 Å². The van der Waals surface area contributed by atoms with Crippen LogP contribution in [0.1, 0.15) is 239 Å². The van der Waals surface area contributed by atoms with Crippen molar-refractivity contribution in [2.75, 3.05) is 13.2 Å². The summed E-state index contributed by atoms with van der Waals surface area (Å²) in [6.45, 7) is 6.45. The Morgan fingerprint density at radius 2 is 0.655 bits per heavy atom. The topological polar surface area (TPSA) is 78.9 Å². The van der Waals surface area contributed by atoms with Gasteiger partial charge in [0.05, 0.1) is 0 Å². The van der Waals surface area contributed by atoms with Gasteiger partial charge in [-0.15, -0.1) is 0 Å². The molecule has 1 unspecified atom stereocenters. The highest BCUT2D eigenvalue weighted by molar-refractivity contribution is 5.71. The summed E-state index contributed by atoms with van der Waals surface area (Å²) in [6, 6.07) is 0. The van der Waals surface area contributed by atoms with Gasteiger partial charge in [-0.1, -0.05) is 198 Å². The van der Waals surface area contributed by atoms with Crippen molar-refractivity contribution in [1.29, 1.82) is 0 Å².